The zero-order valence-electron chi connectivity index (χ0n) is 15.2. The normalized spacial score (nSPS) is 14.1. The Bertz CT molecular complexity index is 1040. The Morgan fingerprint density at radius 2 is 2.00 bits per heavy atom. The van der Waals surface area contributed by atoms with Crippen molar-refractivity contribution in [2.75, 3.05) is 0 Å². The third-order valence-corrected chi connectivity index (χ3v) is 4.52. The number of fused-ring (bicyclic) bond motifs is 1. The zero-order valence-corrected chi connectivity index (χ0v) is 15.2. The number of ketones is 1. The second-order valence-electron chi connectivity index (χ2n) is 6.60. The van der Waals surface area contributed by atoms with Crippen molar-refractivity contribution >= 4 is 11.9 Å². The predicted octanol–water partition coefficient (Wildman–Crippen LogP) is 4.89. The summed E-state index contributed by atoms with van der Waals surface area (Å²) in [6.45, 7) is 4.60. The first-order valence-corrected chi connectivity index (χ1v) is 8.77. The average Bonchev–Trinajstić information content (AvgIpc) is 2.98. The molecule has 0 amide bonds. The van der Waals surface area contributed by atoms with Crippen molar-refractivity contribution in [1.29, 1.82) is 0 Å². The van der Waals surface area contributed by atoms with Gasteiger partial charge in [0.25, 0.3) is 0 Å². The third kappa shape index (κ3) is 3.60. The van der Waals surface area contributed by atoms with Crippen molar-refractivity contribution < 1.29 is 14.3 Å². The quantitative estimate of drug-likeness (QED) is 0.624. The van der Waals surface area contributed by atoms with E-state index in [0.717, 1.165) is 11.1 Å². The van der Waals surface area contributed by atoms with E-state index in [2.05, 4.69) is 37.0 Å². The van der Waals surface area contributed by atoms with E-state index < -0.39 is 0 Å². The van der Waals surface area contributed by atoms with Gasteiger partial charge >= 0.3 is 0 Å². The SMILES string of the molecule is Cc1ccc(C)c(COc2ccc3c(c2)O/C(=C\c2cccnc2)C3=O)c1. The molecule has 1 aliphatic rings. The molecule has 1 aliphatic heterocycles. The summed E-state index contributed by atoms with van der Waals surface area (Å²) in [5.41, 5.74) is 4.90. The van der Waals surface area contributed by atoms with E-state index in [1.807, 2.05) is 12.1 Å². The number of nitrogens with zero attached hydrogens (tertiary/aromatic N) is 1. The van der Waals surface area contributed by atoms with Crippen LogP contribution in [0.1, 0.15) is 32.6 Å². The topological polar surface area (TPSA) is 48.4 Å². The number of allylic oxidation sites excluding steroid dienone is 1. The lowest BCUT2D eigenvalue weighted by Crippen LogP contribution is -1.99. The molecule has 0 atom stereocenters. The van der Waals surface area contributed by atoms with E-state index in [1.54, 1.807) is 36.7 Å². The van der Waals surface area contributed by atoms with Crippen LogP contribution in [0.25, 0.3) is 6.08 Å². The maximum absolute atomic E-state index is 12.5. The highest BCUT2D eigenvalue weighted by molar-refractivity contribution is 6.14. The highest BCUT2D eigenvalue weighted by Crippen LogP contribution is 2.35. The van der Waals surface area contributed by atoms with Crippen molar-refractivity contribution in [3.63, 3.8) is 0 Å². The highest BCUT2D eigenvalue weighted by atomic mass is 16.5. The van der Waals surface area contributed by atoms with Gasteiger partial charge in [0, 0.05) is 18.5 Å². The van der Waals surface area contributed by atoms with E-state index in [1.165, 1.54) is 11.1 Å². The summed E-state index contributed by atoms with van der Waals surface area (Å²) in [6.07, 6.45) is 5.07. The molecule has 2 aromatic carbocycles. The van der Waals surface area contributed by atoms with Crippen LogP contribution in [-0.4, -0.2) is 10.8 Å². The molecule has 0 radical (unpaired) electrons. The van der Waals surface area contributed by atoms with Crippen LogP contribution in [0.15, 0.2) is 66.7 Å². The number of aryl methyl sites for hydroxylation is 2. The third-order valence-electron chi connectivity index (χ3n) is 4.52. The van der Waals surface area contributed by atoms with Gasteiger partial charge < -0.3 is 9.47 Å². The summed E-state index contributed by atoms with van der Waals surface area (Å²) in [7, 11) is 0. The molecule has 27 heavy (non-hydrogen) atoms. The molecular weight excluding hydrogens is 338 g/mol. The highest BCUT2D eigenvalue weighted by Gasteiger charge is 2.27. The number of aromatic nitrogens is 1. The summed E-state index contributed by atoms with van der Waals surface area (Å²) in [5.74, 6) is 1.36. The molecule has 0 spiro atoms. The lowest BCUT2D eigenvalue weighted by atomic mass is 10.1. The zero-order chi connectivity index (χ0) is 18.8. The van der Waals surface area contributed by atoms with Crippen molar-refractivity contribution in [2.24, 2.45) is 0 Å². The minimum atomic E-state index is -0.130. The smallest absolute Gasteiger partial charge is 0.231 e. The molecule has 3 aromatic rings. The summed E-state index contributed by atoms with van der Waals surface area (Å²) in [6, 6.07) is 15.3. The fourth-order valence-corrected chi connectivity index (χ4v) is 2.99. The van der Waals surface area contributed by atoms with Gasteiger partial charge in [-0.3, -0.25) is 9.78 Å². The first kappa shape index (κ1) is 17.0. The van der Waals surface area contributed by atoms with E-state index in [9.17, 15) is 4.79 Å². The summed E-state index contributed by atoms with van der Waals surface area (Å²) in [4.78, 5) is 16.6. The maximum atomic E-state index is 12.5. The molecule has 134 valence electrons. The van der Waals surface area contributed by atoms with Crippen LogP contribution in [-0.2, 0) is 6.61 Å². The van der Waals surface area contributed by atoms with Gasteiger partial charge in [-0.2, -0.15) is 0 Å². The minimum Gasteiger partial charge on any atom is -0.489 e. The van der Waals surface area contributed by atoms with E-state index in [4.69, 9.17) is 9.47 Å². The van der Waals surface area contributed by atoms with Crippen molar-refractivity contribution in [3.8, 4) is 11.5 Å². The number of Topliss-reactive ketones (excluding diaryl/α,β-unsaturated/α-hetero) is 1. The maximum Gasteiger partial charge on any atom is 0.231 e. The predicted molar refractivity (Wildman–Crippen MR) is 104 cm³/mol. The van der Waals surface area contributed by atoms with E-state index >= 15 is 0 Å². The molecule has 0 aliphatic carbocycles. The second-order valence-corrected chi connectivity index (χ2v) is 6.60. The Kier molecular flexibility index (Phi) is 4.47. The standard InChI is InChI=1S/C23H19NO3/c1-15-5-6-16(2)18(10-15)14-26-19-7-8-20-21(12-19)27-22(23(20)25)11-17-4-3-9-24-13-17/h3-13H,14H2,1-2H3/b22-11-. The number of carbonyl (C=O) groups excluding carboxylic acids is 1. The molecule has 0 saturated carbocycles. The molecule has 4 heteroatoms. The summed E-state index contributed by atoms with van der Waals surface area (Å²) >= 11 is 0. The molecule has 4 nitrogen and oxygen atoms in total. The van der Waals surface area contributed by atoms with Gasteiger partial charge in [0.15, 0.2) is 5.76 Å². The van der Waals surface area contributed by atoms with Crippen LogP contribution < -0.4 is 9.47 Å². The van der Waals surface area contributed by atoms with Crippen LogP contribution in [0, 0.1) is 13.8 Å². The first-order valence-electron chi connectivity index (χ1n) is 8.77. The first-order chi connectivity index (χ1) is 13.1. The van der Waals surface area contributed by atoms with E-state index in [-0.39, 0.29) is 5.78 Å². The van der Waals surface area contributed by atoms with Crippen LogP contribution in [0.5, 0.6) is 11.5 Å². The molecule has 0 fully saturated rings. The molecule has 0 saturated heterocycles. The second kappa shape index (κ2) is 7.08. The number of hydrogen-bond donors (Lipinski definition) is 0. The van der Waals surface area contributed by atoms with Gasteiger partial charge in [0.05, 0.1) is 5.56 Å². The van der Waals surface area contributed by atoms with Gasteiger partial charge in [0.1, 0.15) is 18.1 Å². The number of pyridine rings is 1. The lowest BCUT2D eigenvalue weighted by Gasteiger charge is -2.10. The largest absolute Gasteiger partial charge is 0.489 e. The van der Waals surface area contributed by atoms with Gasteiger partial charge in [-0.1, -0.05) is 29.8 Å². The Labute approximate surface area is 158 Å². The van der Waals surface area contributed by atoms with Crippen molar-refractivity contribution in [1.82, 2.24) is 4.98 Å². The average molecular weight is 357 g/mol. The molecule has 4 rings (SSSR count). The van der Waals surface area contributed by atoms with Crippen LogP contribution >= 0.6 is 0 Å². The van der Waals surface area contributed by atoms with E-state index in [0.29, 0.717) is 29.4 Å². The number of hydrogen-bond acceptors (Lipinski definition) is 4. The molecule has 0 bridgehead atoms. The number of rotatable bonds is 4. The number of ether oxygens (including phenoxy) is 2. The molecule has 0 unspecified atom stereocenters. The Morgan fingerprint density at radius 1 is 1.11 bits per heavy atom. The monoisotopic (exact) mass is 357 g/mol. The van der Waals surface area contributed by atoms with Gasteiger partial charge in [0.2, 0.25) is 5.78 Å². The lowest BCUT2D eigenvalue weighted by molar-refractivity contribution is 0.101. The molecule has 1 aromatic heterocycles. The van der Waals surface area contributed by atoms with Crippen LogP contribution in [0.4, 0.5) is 0 Å². The summed E-state index contributed by atoms with van der Waals surface area (Å²) < 4.78 is 11.7. The molecule has 0 N–H and O–H groups in total. The Morgan fingerprint density at radius 3 is 2.81 bits per heavy atom. The van der Waals surface area contributed by atoms with Crippen LogP contribution in [0.3, 0.4) is 0 Å². The number of carbonyl (C=O) groups is 1. The van der Waals surface area contributed by atoms with Gasteiger partial charge in [-0.05, 0) is 54.8 Å². The minimum absolute atomic E-state index is 0.130. The number of benzene rings is 2. The Balaban J connectivity index is 1.52. The molecule has 2 heterocycles. The molecular formula is C23H19NO3. The van der Waals surface area contributed by atoms with Crippen LogP contribution in [0.2, 0.25) is 0 Å². The van der Waals surface area contributed by atoms with Crippen molar-refractivity contribution in [2.45, 2.75) is 20.5 Å². The summed E-state index contributed by atoms with van der Waals surface area (Å²) in [5, 5.41) is 0. The Hall–Kier alpha value is -3.40. The fourth-order valence-electron chi connectivity index (χ4n) is 2.99. The van der Waals surface area contributed by atoms with Crippen molar-refractivity contribution in [3.05, 3.63) is 94.5 Å². The van der Waals surface area contributed by atoms with Gasteiger partial charge in [-0.15, -0.1) is 0 Å². The van der Waals surface area contributed by atoms with Gasteiger partial charge in [-0.25, -0.2) is 0 Å². The fraction of sp³-hybridized carbons (Fsp3) is 0.130.